The van der Waals surface area contributed by atoms with Gasteiger partial charge in [-0.3, -0.25) is 0 Å². The number of fused-ring (bicyclic) bond motifs is 1. The number of thioether (sulfide) groups is 5. The molecule has 1 N–H and O–H groups in total. The molecule has 0 bridgehead atoms. The van der Waals surface area contributed by atoms with Gasteiger partial charge in [0.2, 0.25) is 0 Å². The van der Waals surface area contributed by atoms with Crippen LogP contribution in [-0.2, 0) is 0 Å². The second kappa shape index (κ2) is 7.64. The van der Waals surface area contributed by atoms with Crippen LogP contribution in [0.25, 0.3) is 9.27 Å². The quantitative estimate of drug-likeness (QED) is 0.526. The van der Waals surface area contributed by atoms with Crippen LogP contribution >= 0.6 is 93.7 Å². The van der Waals surface area contributed by atoms with E-state index in [0.717, 1.165) is 3.82 Å². The van der Waals surface area contributed by atoms with E-state index >= 15 is 0 Å². The van der Waals surface area contributed by atoms with Crippen LogP contribution in [0.5, 0.6) is 0 Å². The highest BCUT2D eigenvalue weighted by molar-refractivity contribution is 8.45. The highest BCUT2D eigenvalue weighted by atomic mass is 32.3. The molecule has 0 fully saturated rings. The molecule has 1 nitrogen and oxygen atoms in total. The Hall–Kier alpha value is 0.520. The Morgan fingerprint density at radius 1 is 0.958 bits per heavy atom. The maximum atomic E-state index is 5.67. The highest BCUT2D eigenvalue weighted by Crippen LogP contribution is 2.56. The smallest absolute Gasteiger partial charge is 0.111 e. The lowest BCUT2D eigenvalue weighted by Crippen LogP contribution is -2.03. The van der Waals surface area contributed by atoms with E-state index in [-0.39, 0.29) is 0 Å². The Bertz CT molecular complexity index is 968. The average molecular weight is 462 g/mol. The topological polar surface area (TPSA) is 12.0 Å². The third kappa shape index (κ3) is 3.38. The third-order valence-corrected chi connectivity index (χ3v) is 13.1. The molecule has 0 saturated heterocycles. The summed E-state index contributed by atoms with van der Waals surface area (Å²) in [5.74, 6) is 0. The molecule has 2 aromatic rings. The first kappa shape index (κ1) is 17.9. The molecule has 0 unspecified atom stereocenters. The minimum atomic E-state index is 0.981. The Labute approximate surface area is 174 Å². The minimum Gasteiger partial charge on any atom is -0.348 e. The Morgan fingerprint density at radius 3 is 2.33 bits per heavy atom. The van der Waals surface area contributed by atoms with Crippen LogP contribution in [0.4, 0.5) is 5.69 Å². The zero-order chi connectivity index (χ0) is 16.7. The summed E-state index contributed by atoms with van der Waals surface area (Å²) < 4.78 is 7.69. The Kier molecular flexibility index (Phi) is 5.70. The fourth-order valence-corrected chi connectivity index (χ4v) is 11.6. The van der Waals surface area contributed by atoms with Gasteiger partial charge in [0.25, 0.3) is 0 Å². The van der Waals surface area contributed by atoms with E-state index in [0.29, 0.717) is 0 Å². The number of hydrogen-bond acceptors (Lipinski definition) is 9. The molecule has 0 aliphatic carbocycles. The van der Waals surface area contributed by atoms with E-state index in [2.05, 4.69) is 42.1 Å². The Balaban J connectivity index is 1.77. The largest absolute Gasteiger partial charge is 0.348 e. The molecule has 1 aromatic carbocycles. The molecule has 0 amide bonds. The Morgan fingerprint density at radius 2 is 1.67 bits per heavy atom. The molecule has 1 aromatic heterocycles. The molecule has 2 aliphatic rings. The highest BCUT2D eigenvalue weighted by Gasteiger charge is 2.22. The van der Waals surface area contributed by atoms with Crippen molar-refractivity contribution in [2.75, 3.05) is 17.8 Å². The molecule has 9 heteroatoms. The lowest BCUT2D eigenvalue weighted by molar-refractivity contribution is 1.47. The van der Waals surface area contributed by atoms with Gasteiger partial charge in [-0.1, -0.05) is 59.6 Å². The standard InChI is InChI=1S/C15H11NS8/c1-18-12-13(19-2)24-15(23-12)14-21-9(11(17)22-14)10-16-7-5-3-4-6-8(7)20-10/h3-6,16H,1-2H3/b10-9-. The summed E-state index contributed by atoms with van der Waals surface area (Å²) in [5.41, 5.74) is 1.18. The maximum absolute atomic E-state index is 5.67. The van der Waals surface area contributed by atoms with Gasteiger partial charge in [0.05, 0.1) is 28.0 Å². The maximum Gasteiger partial charge on any atom is 0.111 e. The third-order valence-electron chi connectivity index (χ3n) is 3.19. The van der Waals surface area contributed by atoms with Crippen molar-refractivity contribution in [3.63, 3.8) is 0 Å². The summed E-state index contributed by atoms with van der Waals surface area (Å²) in [6, 6.07) is 8.41. The summed E-state index contributed by atoms with van der Waals surface area (Å²) in [5, 5.41) is 4.70. The average Bonchev–Trinajstić information content (AvgIpc) is 3.29. The molecule has 0 atom stereocenters. The predicted molar refractivity (Wildman–Crippen MR) is 124 cm³/mol. The van der Waals surface area contributed by atoms with Crippen LogP contribution in [0.1, 0.15) is 0 Å². The van der Waals surface area contributed by atoms with Crippen LogP contribution in [0, 0.1) is 3.82 Å². The molecule has 0 spiro atoms. The van der Waals surface area contributed by atoms with Crippen molar-refractivity contribution in [2.45, 2.75) is 4.90 Å². The van der Waals surface area contributed by atoms with Gasteiger partial charge in [0.15, 0.2) is 0 Å². The minimum absolute atomic E-state index is 0.981. The normalized spacial score (nSPS) is 19.0. The first-order valence-electron chi connectivity index (χ1n) is 6.80. The van der Waals surface area contributed by atoms with Crippen LogP contribution < -0.4 is 13.7 Å². The summed E-state index contributed by atoms with van der Waals surface area (Å²) >= 11 is 18.5. The van der Waals surface area contributed by atoms with Gasteiger partial charge in [-0.05, 0) is 24.6 Å². The van der Waals surface area contributed by atoms with Crippen molar-refractivity contribution in [3.8, 4) is 0 Å². The van der Waals surface area contributed by atoms with E-state index in [1.165, 1.54) is 36.7 Å². The lowest BCUT2D eigenvalue weighted by atomic mass is 10.3. The zero-order valence-corrected chi connectivity index (χ0v) is 19.1. The van der Waals surface area contributed by atoms with Crippen molar-refractivity contribution in [1.82, 2.24) is 0 Å². The number of hydrogen-bond donors (Lipinski definition) is 1. The molecular formula is C15H11NS8. The molecule has 4 rings (SSSR count). The monoisotopic (exact) mass is 461 g/mol. The molecule has 124 valence electrons. The molecule has 2 aliphatic heterocycles. The van der Waals surface area contributed by atoms with E-state index in [4.69, 9.17) is 12.2 Å². The van der Waals surface area contributed by atoms with Gasteiger partial charge < -0.3 is 5.32 Å². The summed E-state index contributed by atoms with van der Waals surface area (Å²) in [7, 11) is 0. The molecule has 3 heterocycles. The van der Waals surface area contributed by atoms with Gasteiger partial charge in [0, 0.05) is 4.90 Å². The van der Waals surface area contributed by atoms with Crippen molar-refractivity contribution in [2.24, 2.45) is 0 Å². The second-order valence-electron chi connectivity index (χ2n) is 4.64. The van der Waals surface area contributed by atoms with E-state index in [9.17, 15) is 0 Å². The van der Waals surface area contributed by atoms with E-state index in [1.807, 2.05) is 58.4 Å². The predicted octanol–water partition coefficient (Wildman–Crippen LogP) is 6.22. The number of para-hydroxylation sites is 1. The first-order valence-corrected chi connectivity index (χ1v) is 13.7. The van der Waals surface area contributed by atoms with Crippen LogP contribution in [0.15, 0.2) is 37.6 Å². The number of anilines is 1. The number of rotatable bonds is 2. The van der Waals surface area contributed by atoms with E-state index in [1.54, 1.807) is 23.1 Å². The van der Waals surface area contributed by atoms with Gasteiger partial charge >= 0.3 is 0 Å². The fourth-order valence-electron chi connectivity index (χ4n) is 2.13. The molecule has 0 saturated carbocycles. The van der Waals surface area contributed by atoms with Crippen LogP contribution in [-0.4, -0.2) is 12.5 Å². The van der Waals surface area contributed by atoms with Crippen molar-refractivity contribution in [1.29, 1.82) is 0 Å². The van der Waals surface area contributed by atoms with Crippen LogP contribution in [0.3, 0.4) is 0 Å². The van der Waals surface area contributed by atoms with Crippen molar-refractivity contribution in [3.05, 3.63) is 44.9 Å². The molecule has 0 radical (unpaired) electrons. The van der Waals surface area contributed by atoms with Crippen molar-refractivity contribution < 1.29 is 0 Å². The van der Waals surface area contributed by atoms with Gasteiger partial charge in [0.1, 0.15) is 7.67 Å². The number of benzene rings is 1. The second-order valence-corrected chi connectivity index (χ2v) is 13.1. The van der Waals surface area contributed by atoms with Crippen LogP contribution in [0.2, 0.25) is 0 Å². The summed E-state index contributed by atoms with van der Waals surface area (Å²) in [4.78, 5) is 1.27. The molecular weight excluding hydrogens is 451 g/mol. The SMILES string of the molecule is CSC1=C(SC)SC(=c2sc(=S)/c(=C3\Nc4ccccc4S3)s2)S1. The van der Waals surface area contributed by atoms with Gasteiger partial charge in [-0.25, -0.2) is 0 Å². The fraction of sp³-hybridized carbons (Fsp3) is 0.133. The van der Waals surface area contributed by atoms with E-state index < -0.39 is 0 Å². The first-order chi connectivity index (χ1) is 11.7. The summed E-state index contributed by atoms with van der Waals surface area (Å²) in [6.07, 6.45) is 4.30. The zero-order valence-electron chi connectivity index (χ0n) is 12.6. The summed E-state index contributed by atoms with van der Waals surface area (Å²) in [6.45, 7) is 0. The van der Waals surface area contributed by atoms with Crippen molar-refractivity contribution >= 4 is 109 Å². The van der Waals surface area contributed by atoms with Gasteiger partial charge in [-0.2, -0.15) is 0 Å². The van der Waals surface area contributed by atoms with Gasteiger partial charge in [-0.15, -0.1) is 46.2 Å². The lowest BCUT2D eigenvalue weighted by Gasteiger charge is -1.95. The number of nitrogens with one attached hydrogen (secondary N) is 1. The molecule has 24 heavy (non-hydrogen) atoms.